The fraction of sp³-hybridized carbons (Fsp3) is 0.511. The number of methoxy groups -OCH3 is 1. The maximum absolute atomic E-state index is 14.6. The second-order valence-corrected chi connectivity index (χ2v) is 20.3. The number of hydrogen-bond acceptors (Lipinski definition) is 14. The van der Waals surface area contributed by atoms with E-state index >= 15 is 0 Å². The number of nitrogens with two attached hydrogens (primary N) is 4. The number of aliphatic imine (C=N–C) groups is 1. The molecule has 0 unspecified atom stereocenters. The summed E-state index contributed by atoms with van der Waals surface area (Å²) in [6, 6.07) is 6.56. The van der Waals surface area contributed by atoms with E-state index in [4.69, 9.17) is 27.7 Å². The van der Waals surface area contributed by atoms with Crippen LogP contribution in [0.15, 0.2) is 59.6 Å². The zero-order valence-electron chi connectivity index (χ0n) is 41.0. The van der Waals surface area contributed by atoms with Crippen molar-refractivity contribution in [1.82, 2.24) is 42.1 Å². The number of benzene rings is 2. The molecule has 15 N–H and O–H groups in total. The summed E-state index contributed by atoms with van der Waals surface area (Å²) in [5.74, 6) is -7.96. The largest absolute Gasteiger partial charge is 0.497 e. The Labute approximate surface area is 430 Å². The molecule has 2 fully saturated rings. The van der Waals surface area contributed by atoms with Crippen molar-refractivity contribution >= 4 is 86.6 Å². The third kappa shape index (κ3) is 19.5. The van der Waals surface area contributed by atoms with E-state index in [2.05, 4.69) is 42.2 Å². The van der Waals surface area contributed by atoms with Crippen LogP contribution in [-0.4, -0.2) is 150 Å². The van der Waals surface area contributed by atoms with Crippen molar-refractivity contribution in [2.75, 3.05) is 38.2 Å². The number of amides is 10. The van der Waals surface area contributed by atoms with E-state index in [-0.39, 0.29) is 69.1 Å². The minimum atomic E-state index is -1.65. The van der Waals surface area contributed by atoms with Gasteiger partial charge in [0.05, 0.1) is 20.1 Å². The maximum Gasteiger partial charge on any atom is 0.246 e. The zero-order chi connectivity index (χ0) is 53.6. The first kappa shape index (κ1) is 58.5. The molecule has 2 aliphatic heterocycles. The molecule has 2 saturated heterocycles. The molecule has 398 valence electrons. The molecule has 2 aliphatic rings. The average Bonchev–Trinajstić information content (AvgIpc) is 3.85. The zero-order valence-corrected chi connectivity index (χ0v) is 42.7. The van der Waals surface area contributed by atoms with Gasteiger partial charge in [-0.25, -0.2) is 0 Å². The van der Waals surface area contributed by atoms with Crippen LogP contribution in [0.4, 0.5) is 0 Å². The van der Waals surface area contributed by atoms with Gasteiger partial charge in [-0.2, -0.15) is 0 Å². The van der Waals surface area contributed by atoms with Gasteiger partial charge in [0.15, 0.2) is 5.96 Å². The highest BCUT2D eigenvalue weighted by Gasteiger charge is 2.40. The molecular formula is C47H67N13O11S2. The van der Waals surface area contributed by atoms with Crippen LogP contribution < -0.4 is 64.9 Å². The van der Waals surface area contributed by atoms with Crippen LogP contribution in [0, 0.1) is 5.92 Å². The standard InChI is InChI=1S/C47H67N13O11S2/c1-26(2)39-45(69)57-33(23-36(48)61)42(66)58-34(46(70)60-19-8-12-35(60)44(68)55-30(11-7-18-52-47(50)51)40(64)53-24-37(49)62)25-73-72-20-17-38(63)54-31(22-28-13-15-29(71-3)16-14-28)41(65)56-32(43(67)59-39)21-27-9-5-4-6-10-27/h4-6,9-10,13-16,26,30-35,39H,7-8,11-12,17-25H2,1-3H3,(H2,48,61)(H2,49,62)(H,53,64)(H,54,63)(H,55,68)(H,56,65)(H,57,69)(H,58,66)(H,59,67)(H4,50,51,52)/t30-,31+,32-,33-,34-,35+,39+/m0/s1. The van der Waals surface area contributed by atoms with Gasteiger partial charge in [0, 0.05) is 43.9 Å². The van der Waals surface area contributed by atoms with Gasteiger partial charge < -0.3 is 69.8 Å². The predicted octanol–water partition coefficient (Wildman–Crippen LogP) is -2.65. The van der Waals surface area contributed by atoms with Gasteiger partial charge in [0.2, 0.25) is 59.1 Å². The minimum Gasteiger partial charge on any atom is -0.497 e. The van der Waals surface area contributed by atoms with Crippen LogP contribution >= 0.6 is 21.6 Å². The van der Waals surface area contributed by atoms with Crippen LogP contribution in [0.5, 0.6) is 5.75 Å². The van der Waals surface area contributed by atoms with Gasteiger partial charge in [0.25, 0.3) is 0 Å². The Bertz CT molecular complexity index is 2310. The summed E-state index contributed by atoms with van der Waals surface area (Å²) in [6.07, 6.45) is 0.0140. The molecule has 0 aliphatic carbocycles. The van der Waals surface area contributed by atoms with Crippen molar-refractivity contribution in [3.63, 3.8) is 0 Å². The van der Waals surface area contributed by atoms with Crippen LogP contribution in [0.3, 0.4) is 0 Å². The van der Waals surface area contributed by atoms with Gasteiger partial charge in [0.1, 0.15) is 48.0 Å². The SMILES string of the molecule is COc1ccc(C[C@H]2NC(=O)CCSSC[C@@H](C(=O)N3CCC[C@@H]3C(=O)N[C@@H](CCCN=C(N)N)C(=O)NCC(N)=O)NC(=O)[C@H](CC(N)=O)NC(=O)[C@@H](C(C)C)NC(=O)[C@H](Cc3ccccc3)NC2=O)cc1. The molecular weight excluding hydrogens is 987 g/mol. The predicted molar refractivity (Wildman–Crippen MR) is 273 cm³/mol. The molecule has 0 saturated carbocycles. The quantitative estimate of drug-likeness (QED) is 0.0315. The van der Waals surface area contributed by atoms with Gasteiger partial charge >= 0.3 is 0 Å². The summed E-state index contributed by atoms with van der Waals surface area (Å²) in [6.45, 7) is 2.95. The van der Waals surface area contributed by atoms with Crippen LogP contribution in [0.2, 0.25) is 0 Å². The van der Waals surface area contributed by atoms with E-state index in [1.807, 2.05) is 0 Å². The first-order valence-electron chi connectivity index (χ1n) is 23.7. The molecule has 0 radical (unpaired) electrons. The van der Waals surface area contributed by atoms with E-state index in [0.717, 1.165) is 10.8 Å². The maximum atomic E-state index is 14.6. The van der Waals surface area contributed by atoms with Crippen molar-refractivity contribution in [1.29, 1.82) is 0 Å². The van der Waals surface area contributed by atoms with E-state index < -0.39 is 120 Å². The first-order chi connectivity index (χ1) is 34.8. The van der Waals surface area contributed by atoms with Crippen molar-refractivity contribution in [3.8, 4) is 5.75 Å². The summed E-state index contributed by atoms with van der Waals surface area (Å²) in [5, 5.41) is 18.5. The number of ether oxygens (including phenoxy) is 1. The number of nitrogens with zero attached hydrogens (tertiary/aromatic N) is 2. The van der Waals surface area contributed by atoms with Crippen LogP contribution in [-0.2, 0) is 60.8 Å². The topological polar surface area (TPSA) is 384 Å². The molecule has 24 nitrogen and oxygen atoms in total. The van der Waals surface area contributed by atoms with Crippen molar-refractivity contribution in [2.45, 2.75) is 108 Å². The number of primary amides is 2. The lowest BCUT2D eigenvalue weighted by Crippen LogP contribution is -2.61. The number of carbonyl (C=O) groups is 10. The summed E-state index contributed by atoms with van der Waals surface area (Å²) in [5.41, 5.74) is 23.0. The van der Waals surface area contributed by atoms with Gasteiger partial charge in [-0.3, -0.25) is 52.9 Å². The third-order valence-corrected chi connectivity index (χ3v) is 14.1. The molecule has 4 rings (SSSR count). The van der Waals surface area contributed by atoms with E-state index in [0.29, 0.717) is 23.3 Å². The molecule has 2 heterocycles. The first-order valence-corrected chi connectivity index (χ1v) is 26.2. The highest BCUT2D eigenvalue weighted by atomic mass is 33.1. The number of rotatable bonds is 18. The summed E-state index contributed by atoms with van der Waals surface area (Å²) in [4.78, 5) is 141. The lowest BCUT2D eigenvalue weighted by Gasteiger charge is -2.31. The van der Waals surface area contributed by atoms with Crippen LogP contribution in [0.1, 0.15) is 63.5 Å². The smallest absolute Gasteiger partial charge is 0.246 e. The number of carbonyl (C=O) groups excluding carboxylic acids is 10. The highest BCUT2D eigenvalue weighted by Crippen LogP contribution is 2.26. The Balaban J connectivity index is 1.66. The number of hydrogen-bond donors (Lipinski definition) is 11. The lowest BCUT2D eigenvalue weighted by atomic mass is 9.99. The molecule has 26 heteroatoms. The Morgan fingerprint density at radius 3 is 2.04 bits per heavy atom. The molecule has 2 aromatic carbocycles. The Hall–Kier alpha value is -7.09. The summed E-state index contributed by atoms with van der Waals surface area (Å²) in [7, 11) is 3.80. The average molecular weight is 1050 g/mol. The number of nitrogens with one attached hydrogen (secondary N) is 7. The minimum absolute atomic E-state index is 0.0167. The van der Waals surface area contributed by atoms with Gasteiger partial charge in [-0.15, -0.1) is 0 Å². The number of likely N-dealkylation sites (tertiary alicyclic amines) is 1. The van der Waals surface area contributed by atoms with Gasteiger partial charge in [-0.1, -0.05) is 77.9 Å². The fourth-order valence-electron chi connectivity index (χ4n) is 7.86. The van der Waals surface area contributed by atoms with Crippen molar-refractivity contribution in [3.05, 3.63) is 65.7 Å². The molecule has 10 amide bonds. The van der Waals surface area contributed by atoms with Crippen LogP contribution in [0.25, 0.3) is 0 Å². The molecule has 2 aromatic rings. The Morgan fingerprint density at radius 1 is 0.781 bits per heavy atom. The molecule has 0 bridgehead atoms. The number of guanidine groups is 1. The van der Waals surface area contributed by atoms with Crippen molar-refractivity contribution < 1.29 is 52.7 Å². The van der Waals surface area contributed by atoms with E-state index in [9.17, 15) is 47.9 Å². The second kappa shape index (κ2) is 29.4. The lowest BCUT2D eigenvalue weighted by molar-refractivity contribution is -0.142. The Morgan fingerprint density at radius 2 is 1.41 bits per heavy atom. The third-order valence-electron chi connectivity index (χ3n) is 11.7. The monoisotopic (exact) mass is 1050 g/mol. The van der Waals surface area contributed by atoms with Gasteiger partial charge in [-0.05, 0) is 54.9 Å². The molecule has 0 aromatic heterocycles. The highest BCUT2D eigenvalue weighted by molar-refractivity contribution is 8.76. The van der Waals surface area contributed by atoms with Crippen molar-refractivity contribution in [2.24, 2.45) is 33.8 Å². The van der Waals surface area contributed by atoms with E-state index in [1.165, 1.54) is 22.8 Å². The Kier molecular flexibility index (Phi) is 23.6. The second-order valence-electron chi connectivity index (χ2n) is 17.7. The molecule has 0 spiro atoms. The normalized spacial score (nSPS) is 22.0. The summed E-state index contributed by atoms with van der Waals surface area (Å²) < 4.78 is 5.28. The summed E-state index contributed by atoms with van der Waals surface area (Å²) >= 11 is 0. The molecule has 73 heavy (non-hydrogen) atoms. The van der Waals surface area contributed by atoms with E-state index in [1.54, 1.807) is 68.4 Å². The fourth-order valence-corrected chi connectivity index (χ4v) is 10.0. The molecule has 7 atom stereocenters.